The van der Waals surface area contributed by atoms with Crippen LogP contribution in [0.3, 0.4) is 0 Å². The first kappa shape index (κ1) is 17.9. The number of nitrogens with zero attached hydrogens (tertiary/aromatic N) is 2. The van der Waals surface area contributed by atoms with E-state index in [1.54, 1.807) is 11.3 Å². The molecule has 0 aliphatic heterocycles. The van der Waals surface area contributed by atoms with Gasteiger partial charge in [-0.15, -0.1) is 11.3 Å². The molecule has 0 saturated carbocycles. The quantitative estimate of drug-likeness (QED) is 0.517. The molecule has 0 amide bonds. The van der Waals surface area contributed by atoms with Crippen LogP contribution in [-0.2, 0) is 6.54 Å². The molecule has 2 heterocycles. The number of aromatic nitrogens is 2. The highest BCUT2D eigenvalue weighted by Gasteiger charge is 2.20. The van der Waals surface area contributed by atoms with Gasteiger partial charge in [-0.05, 0) is 42.6 Å². The first-order chi connectivity index (χ1) is 13.2. The molecule has 0 aliphatic carbocycles. The number of hydrogen-bond acceptors (Lipinski definition) is 4. The van der Waals surface area contributed by atoms with Crippen LogP contribution in [0.5, 0.6) is 0 Å². The summed E-state index contributed by atoms with van der Waals surface area (Å²) >= 11 is 7.70. The predicted molar refractivity (Wildman–Crippen MR) is 108 cm³/mol. The Morgan fingerprint density at radius 1 is 1.07 bits per heavy atom. The van der Waals surface area contributed by atoms with Gasteiger partial charge in [0.1, 0.15) is 6.04 Å². The molecule has 4 aromatic rings. The van der Waals surface area contributed by atoms with Gasteiger partial charge in [0.25, 0.3) is 5.89 Å². The summed E-state index contributed by atoms with van der Waals surface area (Å²) in [5.41, 5.74) is 3.41. The fourth-order valence-electron chi connectivity index (χ4n) is 2.93. The number of nitrogens with two attached hydrogens (primary N) is 1. The van der Waals surface area contributed by atoms with E-state index in [0.717, 1.165) is 5.56 Å². The Labute approximate surface area is 166 Å². The fourth-order valence-corrected chi connectivity index (χ4v) is 3.91. The third-order valence-electron chi connectivity index (χ3n) is 4.38. The number of thiophene rings is 1. The van der Waals surface area contributed by atoms with Crippen LogP contribution in [0.15, 0.2) is 70.6 Å². The average Bonchev–Trinajstić information content (AvgIpc) is 3.36. The molecule has 2 N–H and O–H groups in total. The number of hydrogen-bond donors (Lipinski definition) is 1. The van der Waals surface area contributed by atoms with Crippen LogP contribution in [-0.4, -0.2) is 10.1 Å². The summed E-state index contributed by atoms with van der Waals surface area (Å²) in [6.45, 7) is 2.71. The zero-order chi connectivity index (χ0) is 18.6. The van der Waals surface area contributed by atoms with Gasteiger partial charge >= 0.3 is 0 Å². The lowest BCUT2D eigenvalue weighted by atomic mass is 10.0. The Morgan fingerprint density at radius 2 is 1.85 bits per heavy atom. The molecule has 6 heteroatoms. The second-order valence-corrected chi connectivity index (χ2v) is 7.78. The van der Waals surface area contributed by atoms with Crippen molar-refractivity contribution in [2.75, 3.05) is 0 Å². The highest BCUT2D eigenvalue weighted by molar-refractivity contribution is 7.10. The maximum atomic E-state index is 5.94. The smallest absolute Gasteiger partial charge is 0.282 e. The highest BCUT2D eigenvalue weighted by atomic mass is 35.5. The van der Waals surface area contributed by atoms with E-state index < -0.39 is 0 Å². The third kappa shape index (κ3) is 4.27. The Balaban J connectivity index is 1.51. The van der Waals surface area contributed by atoms with Gasteiger partial charge in [-0.3, -0.25) is 0 Å². The standard InChI is InChI=1S/C21H18ClN3OS/c1-14-4-6-15(7-5-14)20(18-3-2-12-27-18)23-13-19-24-21(25-26-19)16-8-10-17(22)11-9-16/h2-12,20,23H,13H2,1H3/p+1/t20-/m1/s1. The van der Waals surface area contributed by atoms with Crippen molar-refractivity contribution in [2.45, 2.75) is 19.5 Å². The maximum absolute atomic E-state index is 5.94. The Hall–Kier alpha value is -2.47. The van der Waals surface area contributed by atoms with Gasteiger partial charge in [0, 0.05) is 16.1 Å². The summed E-state index contributed by atoms with van der Waals surface area (Å²) in [5, 5.41) is 9.12. The lowest BCUT2D eigenvalue weighted by Gasteiger charge is -2.14. The monoisotopic (exact) mass is 396 g/mol. The van der Waals surface area contributed by atoms with E-state index in [1.807, 2.05) is 24.3 Å². The number of quaternary nitrogens is 1. The number of rotatable bonds is 6. The first-order valence-electron chi connectivity index (χ1n) is 8.71. The van der Waals surface area contributed by atoms with Crippen LogP contribution >= 0.6 is 22.9 Å². The molecule has 0 aliphatic rings. The molecule has 0 saturated heterocycles. The molecule has 1 atom stereocenters. The van der Waals surface area contributed by atoms with E-state index in [-0.39, 0.29) is 6.04 Å². The van der Waals surface area contributed by atoms with E-state index in [1.165, 1.54) is 16.0 Å². The minimum Gasteiger partial charge on any atom is -0.333 e. The molecule has 0 spiro atoms. The minimum atomic E-state index is 0.205. The second kappa shape index (κ2) is 8.05. The molecule has 136 valence electrons. The summed E-state index contributed by atoms with van der Waals surface area (Å²) in [6.07, 6.45) is 0. The van der Waals surface area contributed by atoms with Gasteiger partial charge in [0.2, 0.25) is 5.82 Å². The lowest BCUT2D eigenvalue weighted by molar-refractivity contribution is -0.704. The van der Waals surface area contributed by atoms with E-state index in [0.29, 0.717) is 23.3 Å². The Morgan fingerprint density at radius 3 is 2.56 bits per heavy atom. The van der Waals surface area contributed by atoms with Gasteiger partial charge in [-0.1, -0.05) is 52.7 Å². The zero-order valence-corrected chi connectivity index (χ0v) is 16.4. The van der Waals surface area contributed by atoms with Crippen molar-refractivity contribution in [3.63, 3.8) is 0 Å². The van der Waals surface area contributed by atoms with Gasteiger partial charge < -0.3 is 9.84 Å². The summed E-state index contributed by atoms with van der Waals surface area (Å²) < 4.78 is 5.45. The molecular formula is C21H19ClN3OS+. The van der Waals surface area contributed by atoms with Crippen LogP contribution < -0.4 is 5.32 Å². The minimum absolute atomic E-state index is 0.205. The summed E-state index contributed by atoms with van der Waals surface area (Å²) in [6, 6.07) is 20.5. The lowest BCUT2D eigenvalue weighted by Crippen LogP contribution is -2.83. The van der Waals surface area contributed by atoms with Gasteiger partial charge in [-0.25, -0.2) is 0 Å². The molecule has 27 heavy (non-hydrogen) atoms. The molecule has 4 nitrogen and oxygen atoms in total. The normalized spacial score (nSPS) is 12.2. The molecular weight excluding hydrogens is 378 g/mol. The highest BCUT2D eigenvalue weighted by Crippen LogP contribution is 2.23. The Kier molecular flexibility index (Phi) is 5.34. The van der Waals surface area contributed by atoms with Crippen molar-refractivity contribution in [2.24, 2.45) is 0 Å². The predicted octanol–water partition coefficient (Wildman–Crippen LogP) is 4.61. The molecule has 2 aromatic carbocycles. The largest absolute Gasteiger partial charge is 0.333 e. The van der Waals surface area contributed by atoms with Crippen molar-refractivity contribution in [1.82, 2.24) is 10.1 Å². The maximum Gasteiger partial charge on any atom is 0.282 e. The van der Waals surface area contributed by atoms with Crippen LogP contribution in [0.4, 0.5) is 0 Å². The van der Waals surface area contributed by atoms with Crippen molar-refractivity contribution >= 4 is 22.9 Å². The number of halogens is 1. The molecule has 2 aromatic heterocycles. The van der Waals surface area contributed by atoms with Crippen LogP contribution in [0.1, 0.15) is 27.9 Å². The second-order valence-electron chi connectivity index (χ2n) is 6.36. The summed E-state index contributed by atoms with van der Waals surface area (Å²) in [5.74, 6) is 1.19. The summed E-state index contributed by atoms with van der Waals surface area (Å²) in [7, 11) is 0. The summed E-state index contributed by atoms with van der Waals surface area (Å²) in [4.78, 5) is 5.82. The van der Waals surface area contributed by atoms with Crippen molar-refractivity contribution in [1.29, 1.82) is 0 Å². The van der Waals surface area contributed by atoms with Gasteiger partial charge in [-0.2, -0.15) is 4.98 Å². The topological polar surface area (TPSA) is 55.5 Å². The Bertz CT molecular complexity index is 995. The molecule has 0 radical (unpaired) electrons. The van der Waals surface area contributed by atoms with Crippen LogP contribution in [0.2, 0.25) is 5.02 Å². The van der Waals surface area contributed by atoms with Crippen LogP contribution in [0, 0.1) is 6.92 Å². The first-order valence-corrected chi connectivity index (χ1v) is 9.96. The van der Waals surface area contributed by atoms with Gasteiger partial charge in [0.15, 0.2) is 6.54 Å². The average molecular weight is 397 g/mol. The van der Waals surface area contributed by atoms with E-state index in [2.05, 4.69) is 64.2 Å². The molecule has 0 unspecified atom stereocenters. The zero-order valence-electron chi connectivity index (χ0n) is 14.8. The number of aryl methyl sites for hydroxylation is 1. The van der Waals surface area contributed by atoms with E-state index in [9.17, 15) is 0 Å². The van der Waals surface area contributed by atoms with Crippen molar-refractivity contribution in [3.05, 3.63) is 93.0 Å². The number of benzene rings is 2. The van der Waals surface area contributed by atoms with E-state index >= 15 is 0 Å². The fraction of sp³-hybridized carbons (Fsp3) is 0.143. The van der Waals surface area contributed by atoms with Crippen molar-refractivity contribution < 1.29 is 9.84 Å². The molecule has 0 bridgehead atoms. The molecule has 0 fully saturated rings. The van der Waals surface area contributed by atoms with Crippen LogP contribution in [0.25, 0.3) is 11.4 Å². The third-order valence-corrected chi connectivity index (χ3v) is 5.59. The SMILES string of the molecule is Cc1ccc([C@@H]([NH2+]Cc2nc(-c3ccc(Cl)cc3)no2)c2cccs2)cc1. The van der Waals surface area contributed by atoms with Crippen molar-refractivity contribution in [3.8, 4) is 11.4 Å². The van der Waals surface area contributed by atoms with E-state index in [4.69, 9.17) is 16.1 Å². The van der Waals surface area contributed by atoms with Gasteiger partial charge in [0.05, 0.1) is 4.88 Å². The molecule has 4 rings (SSSR count).